The lowest BCUT2D eigenvalue weighted by molar-refractivity contribution is 0.0480. The Labute approximate surface area is 168 Å². The average Bonchev–Trinajstić information content (AvgIpc) is 3.34. The van der Waals surface area contributed by atoms with Crippen LogP contribution in [0.5, 0.6) is 0 Å². The van der Waals surface area contributed by atoms with Gasteiger partial charge in [-0.2, -0.15) is 11.3 Å². The molecule has 3 aromatic heterocycles. The van der Waals surface area contributed by atoms with Crippen LogP contribution >= 0.6 is 34.4 Å². The van der Waals surface area contributed by atoms with E-state index in [1.165, 1.54) is 23.1 Å². The van der Waals surface area contributed by atoms with Gasteiger partial charge in [0.15, 0.2) is 5.16 Å². The van der Waals surface area contributed by atoms with Crippen molar-refractivity contribution in [3.05, 3.63) is 57.6 Å². The fourth-order valence-electron chi connectivity index (χ4n) is 2.64. The van der Waals surface area contributed by atoms with Crippen LogP contribution in [0.25, 0.3) is 21.5 Å². The highest BCUT2D eigenvalue weighted by Gasteiger charge is 2.23. The van der Waals surface area contributed by atoms with Crippen molar-refractivity contribution < 1.29 is 9.53 Å². The molecule has 0 unspecified atom stereocenters. The van der Waals surface area contributed by atoms with Crippen molar-refractivity contribution in [1.29, 1.82) is 0 Å². The summed E-state index contributed by atoms with van der Waals surface area (Å²) in [6.07, 6.45) is 1.92. The number of thioether (sulfide) groups is 1. The number of nitrogen functional groups attached to an aromatic ring is 1. The maximum Gasteiger partial charge on any atom is 0.350 e. The number of aromatic nitrogens is 2. The number of hydrogen-bond donors (Lipinski definition) is 1. The fraction of sp³-hybridized carbons (Fsp3) is 0.105. The second kappa shape index (κ2) is 7.67. The summed E-state index contributed by atoms with van der Waals surface area (Å²) in [5, 5.41) is 5.24. The molecule has 0 aliphatic rings. The van der Waals surface area contributed by atoms with Gasteiger partial charge in [-0.3, -0.25) is 0 Å². The maximum atomic E-state index is 12.6. The first-order chi connectivity index (χ1) is 13.2. The van der Waals surface area contributed by atoms with E-state index in [2.05, 4.69) is 9.97 Å². The first-order valence-electron chi connectivity index (χ1n) is 8.05. The van der Waals surface area contributed by atoms with Crippen molar-refractivity contribution in [2.45, 2.75) is 11.8 Å². The van der Waals surface area contributed by atoms with Crippen LogP contribution in [0.3, 0.4) is 0 Å². The Morgan fingerprint density at radius 3 is 2.74 bits per heavy atom. The number of carbonyl (C=O) groups excluding carboxylic acids is 1. The molecule has 0 radical (unpaired) electrons. The van der Waals surface area contributed by atoms with Crippen molar-refractivity contribution in [3.8, 4) is 11.3 Å². The van der Waals surface area contributed by atoms with Gasteiger partial charge in [0.2, 0.25) is 0 Å². The molecule has 0 fully saturated rings. The number of carbonyl (C=O) groups is 1. The predicted molar refractivity (Wildman–Crippen MR) is 112 cm³/mol. The molecule has 136 valence electrons. The average molecular weight is 414 g/mol. The lowest BCUT2D eigenvalue weighted by Crippen LogP contribution is -2.05. The summed E-state index contributed by atoms with van der Waals surface area (Å²) in [5.41, 5.74) is 9.34. The number of thiophene rings is 2. The number of fused-ring (bicyclic) bond motifs is 1. The van der Waals surface area contributed by atoms with E-state index in [0.29, 0.717) is 25.9 Å². The van der Waals surface area contributed by atoms with Gasteiger partial charge in [-0.25, -0.2) is 14.8 Å². The molecule has 0 aliphatic carbocycles. The molecule has 1 aromatic carbocycles. The topological polar surface area (TPSA) is 78.1 Å². The van der Waals surface area contributed by atoms with Crippen molar-refractivity contribution in [3.63, 3.8) is 0 Å². The second-order valence-electron chi connectivity index (χ2n) is 5.66. The molecular formula is C19H15N3O2S3. The Morgan fingerprint density at radius 2 is 2.04 bits per heavy atom. The van der Waals surface area contributed by atoms with E-state index in [0.717, 1.165) is 16.8 Å². The molecule has 0 saturated carbocycles. The molecule has 5 nitrogen and oxygen atoms in total. The van der Waals surface area contributed by atoms with Gasteiger partial charge in [0.25, 0.3) is 0 Å². The summed E-state index contributed by atoms with van der Waals surface area (Å²) in [7, 11) is 0. The number of hydrogen-bond acceptors (Lipinski definition) is 8. The third-order valence-corrected chi connectivity index (χ3v) is 6.29. The van der Waals surface area contributed by atoms with Crippen LogP contribution in [0.2, 0.25) is 0 Å². The zero-order valence-corrected chi connectivity index (χ0v) is 16.8. The molecule has 0 aliphatic heterocycles. The minimum Gasteiger partial charge on any atom is -0.457 e. The van der Waals surface area contributed by atoms with E-state index in [9.17, 15) is 4.79 Å². The van der Waals surface area contributed by atoms with Gasteiger partial charge in [0.1, 0.15) is 16.3 Å². The zero-order chi connectivity index (χ0) is 18.8. The van der Waals surface area contributed by atoms with Crippen LogP contribution in [0, 0.1) is 0 Å². The minimum atomic E-state index is -0.439. The lowest BCUT2D eigenvalue weighted by Gasteiger charge is -2.06. The monoisotopic (exact) mass is 413 g/mol. The highest BCUT2D eigenvalue weighted by atomic mass is 32.2. The number of rotatable bonds is 5. The minimum absolute atomic E-state index is 0.225. The molecule has 3 heterocycles. The van der Waals surface area contributed by atoms with Crippen LogP contribution < -0.4 is 5.73 Å². The molecule has 4 aromatic rings. The van der Waals surface area contributed by atoms with E-state index in [-0.39, 0.29) is 6.61 Å². The van der Waals surface area contributed by atoms with E-state index in [4.69, 9.17) is 10.5 Å². The first-order valence-corrected chi connectivity index (χ1v) is 11.0. The molecule has 2 N–H and O–H groups in total. The fourth-order valence-corrected chi connectivity index (χ4v) is 4.70. The molecule has 0 saturated heterocycles. The van der Waals surface area contributed by atoms with E-state index >= 15 is 0 Å². The second-order valence-corrected chi connectivity index (χ2v) is 8.21. The van der Waals surface area contributed by atoms with Crippen LogP contribution in [0.4, 0.5) is 5.69 Å². The normalized spacial score (nSPS) is 11.0. The Hall–Kier alpha value is -2.42. The van der Waals surface area contributed by atoms with Crippen LogP contribution in [-0.2, 0) is 11.3 Å². The van der Waals surface area contributed by atoms with E-state index in [1.54, 1.807) is 11.3 Å². The zero-order valence-electron chi connectivity index (χ0n) is 14.3. The number of ether oxygens (including phenoxy) is 1. The smallest absolute Gasteiger partial charge is 0.350 e. The van der Waals surface area contributed by atoms with Gasteiger partial charge < -0.3 is 10.5 Å². The molecule has 0 amide bonds. The van der Waals surface area contributed by atoms with E-state index < -0.39 is 5.97 Å². The number of nitrogens with zero attached hydrogens (tertiary/aromatic N) is 2. The highest BCUT2D eigenvalue weighted by molar-refractivity contribution is 7.98. The highest BCUT2D eigenvalue weighted by Crippen LogP contribution is 2.39. The Kier molecular flexibility index (Phi) is 5.11. The molecule has 0 atom stereocenters. The van der Waals surface area contributed by atoms with Gasteiger partial charge >= 0.3 is 5.97 Å². The maximum absolute atomic E-state index is 12.6. The third kappa shape index (κ3) is 3.55. The summed E-state index contributed by atoms with van der Waals surface area (Å²) in [6, 6.07) is 11.7. The predicted octanol–water partition coefficient (Wildman–Crippen LogP) is 5.08. The molecular weight excluding hydrogens is 398 g/mol. The summed E-state index contributed by atoms with van der Waals surface area (Å²) in [4.78, 5) is 22.8. The van der Waals surface area contributed by atoms with Crippen LogP contribution in [0.15, 0.2) is 52.3 Å². The Morgan fingerprint density at radius 1 is 1.22 bits per heavy atom. The molecule has 4 rings (SSSR count). The summed E-state index contributed by atoms with van der Waals surface area (Å²) in [5.74, 6) is -0.439. The van der Waals surface area contributed by atoms with Crippen molar-refractivity contribution in [1.82, 2.24) is 9.97 Å². The first kappa shape index (κ1) is 18.0. The van der Waals surface area contributed by atoms with Crippen LogP contribution in [-0.4, -0.2) is 22.2 Å². The molecule has 27 heavy (non-hydrogen) atoms. The Balaban J connectivity index is 1.77. The lowest BCUT2D eigenvalue weighted by atomic mass is 10.1. The largest absolute Gasteiger partial charge is 0.457 e. The van der Waals surface area contributed by atoms with Gasteiger partial charge in [-0.05, 0) is 23.1 Å². The van der Waals surface area contributed by atoms with Gasteiger partial charge in [0.05, 0.1) is 16.8 Å². The Bertz CT molecular complexity index is 1090. The summed E-state index contributed by atoms with van der Waals surface area (Å²) >= 11 is 4.26. The number of anilines is 1. The molecule has 0 bridgehead atoms. The molecule has 8 heteroatoms. The van der Waals surface area contributed by atoms with E-state index in [1.807, 2.05) is 53.4 Å². The SMILES string of the molecule is CSc1nc(-c2ccccc2)c2c(N)c(C(=O)OCc3ccsc3)sc2n1. The molecule has 0 spiro atoms. The van der Waals surface area contributed by atoms with Crippen molar-refractivity contribution in [2.24, 2.45) is 0 Å². The third-order valence-electron chi connectivity index (χ3n) is 3.93. The van der Waals surface area contributed by atoms with Gasteiger partial charge in [-0.15, -0.1) is 11.3 Å². The van der Waals surface area contributed by atoms with Gasteiger partial charge in [0, 0.05) is 11.1 Å². The summed E-state index contributed by atoms with van der Waals surface area (Å²) < 4.78 is 5.43. The quantitative estimate of drug-likeness (QED) is 0.279. The number of nitrogens with two attached hydrogens (primary N) is 1. The van der Waals surface area contributed by atoms with Gasteiger partial charge in [-0.1, -0.05) is 42.1 Å². The van der Waals surface area contributed by atoms with Crippen molar-refractivity contribution >= 4 is 56.3 Å². The van der Waals surface area contributed by atoms with Crippen LogP contribution in [0.1, 0.15) is 15.2 Å². The van der Waals surface area contributed by atoms with Crippen molar-refractivity contribution in [2.75, 3.05) is 12.0 Å². The number of benzene rings is 1. The summed E-state index contributed by atoms with van der Waals surface area (Å²) in [6.45, 7) is 0.225. The number of esters is 1. The standard InChI is InChI=1S/C19H15N3O2S3/c1-25-19-21-15(12-5-3-2-4-6-12)13-14(20)16(27-17(13)22-19)18(23)24-9-11-7-8-26-10-11/h2-8,10H,9,20H2,1H3.